The first-order valence-electron chi connectivity index (χ1n) is 10.4. The maximum atomic E-state index is 13.1. The number of hydrogen-bond donors (Lipinski definition) is 2. The number of ether oxygens (including phenoxy) is 1. The van der Waals surface area contributed by atoms with Gasteiger partial charge in [-0.1, -0.05) is 54.2 Å². The number of thioether (sulfide) groups is 1. The molecule has 33 heavy (non-hydrogen) atoms. The molecule has 2 aromatic rings. The van der Waals surface area contributed by atoms with Crippen LogP contribution >= 0.6 is 11.8 Å². The number of rotatable bonds is 7. The number of amides is 4. The van der Waals surface area contributed by atoms with E-state index in [1.54, 1.807) is 39.2 Å². The third-order valence-electron chi connectivity index (χ3n) is 4.52. The molecule has 8 nitrogen and oxygen atoms in total. The number of nitrogens with one attached hydrogen (secondary N) is 2. The monoisotopic (exact) mass is 466 g/mol. The maximum Gasteiger partial charge on any atom is 0.321 e. The highest BCUT2D eigenvalue weighted by Crippen LogP contribution is 2.26. The van der Waals surface area contributed by atoms with Crippen LogP contribution in [0, 0.1) is 0 Å². The highest BCUT2D eigenvalue weighted by molar-refractivity contribution is 8.14. The molecule has 0 atom stereocenters. The summed E-state index contributed by atoms with van der Waals surface area (Å²) in [6, 6.07) is 16.2. The summed E-state index contributed by atoms with van der Waals surface area (Å²) < 4.78 is 5.17. The van der Waals surface area contributed by atoms with Crippen LogP contribution in [-0.4, -0.2) is 46.8 Å². The molecule has 172 valence electrons. The molecule has 0 saturated heterocycles. The average molecular weight is 467 g/mol. The van der Waals surface area contributed by atoms with Crippen molar-refractivity contribution >= 4 is 40.9 Å². The standard InChI is InChI=1S/C24H26N4O4S/c1-16(2)25-23(31)27-21(29)15-33-24-26-20(13-17-9-11-19(32-3)12-10-17)22(30)28(24)14-18-7-5-4-6-8-18/h4-13,16H,14-15H2,1-3H3,(H2,25,27,29,31)/b20-13-. The van der Waals surface area contributed by atoms with Crippen LogP contribution in [-0.2, 0) is 16.1 Å². The van der Waals surface area contributed by atoms with Crippen LogP contribution in [0.3, 0.4) is 0 Å². The molecule has 0 aliphatic carbocycles. The Bertz CT molecular complexity index is 1070. The third kappa shape index (κ3) is 6.95. The van der Waals surface area contributed by atoms with Gasteiger partial charge in [0, 0.05) is 6.04 Å². The maximum absolute atomic E-state index is 13.1. The first-order chi connectivity index (χ1) is 15.9. The number of methoxy groups -OCH3 is 1. The van der Waals surface area contributed by atoms with Gasteiger partial charge in [-0.05, 0) is 43.2 Å². The zero-order chi connectivity index (χ0) is 23.8. The van der Waals surface area contributed by atoms with Gasteiger partial charge in [-0.15, -0.1) is 0 Å². The number of hydrogen-bond acceptors (Lipinski definition) is 6. The molecular weight excluding hydrogens is 440 g/mol. The number of benzene rings is 2. The normalized spacial score (nSPS) is 14.4. The molecule has 0 aromatic heterocycles. The minimum Gasteiger partial charge on any atom is -0.497 e. The molecule has 1 heterocycles. The van der Waals surface area contributed by atoms with Crippen molar-refractivity contribution in [1.82, 2.24) is 15.5 Å². The van der Waals surface area contributed by atoms with E-state index in [1.165, 1.54) is 4.90 Å². The van der Waals surface area contributed by atoms with Crippen molar-refractivity contribution < 1.29 is 19.1 Å². The van der Waals surface area contributed by atoms with Crippen LogP contribution in [0.5, 0.6) is 5.75 Å². The number of amidine groups is 1. The highest BCUT2D eigenvalue weighted by Gasteiger charge is 2.31. The van der Waals surface area contributed by atoms with Crippen LogP contribution in [0.15, 0.2) is 65.3 Å². The fraction of sp³-hybridized carbons (Fsp3) is 0.250. The van der Waals surface area contributed by atoms with Crippen molar-refractivity contribution in [3.63, 3.8) is 0 Å². The molecule has 0 fully saturated rings. The molecule has 0 spiro atoms. The molecule has 9 heteroatoms. The van der Waals surface area contributed by atoms with E-state index in [2.05, 4.69) is 15.6 Å². The van der Waals surface area contributed by atoms with Crippen LogP contribution in [0.2, 0.25) is 0 Å². The molecule has 2 N–H and O–H groups in total. The SMILES string of the molecule is COc1ccc(/C=C2\N=C(SCC(=O)NC(=O)NC(C)C)N(Cc3ccccc3)C2=O)cc1. The Morgan fingerprint density at radius 2 is 1.82 bits per heavy atom. The Hall–Kier alpha value is -3.59. The van der Waals surface area contributed by atoms with E-state index in [0.717, 1.165) is 22.9 Å². The van der Waals surface area contributed by atoms with Crippen molar-refractivity contribution in [3.05, 3.63) is 71.4 Å². The van der Waals surface area contributed by atoms with Crippen LogP contribution in [0.4, 0.5) is 4.79 Å². The second-order valence-electron chi connectivity index (χ2n) is 7.54. The van der Waals surface area contributed by atoms with Gasteiger partial charge in [0.1, 0.15) is 11.4 Å². The van der Waals surface area contributed by atoms with Crippen LogP contribution in [0.25, 0.3) is 6.08 Å². The van der Waals surface area contributed by atoms with Gasteiger partial charge >= 0.3 is 6.03 Å². The second kappa shape index (κ2) is 11.3. The van der Waals surface area contributed by atoms with Gasteiger partial charge in [-0.25, -0.2) is 9.79 Å². The van der Waals surface area contributed by atoms with Gasteiger partial charge in [0.2, 0.25) is 5.91 Å². The summed E-state index contributed by atoms with van der Waals surface area (Å²) in [5, 5.41) is 5.28. The molecule has 1 aliphatic rings. The molecular formula is C24H26N4O4S. The van der Waals surface area contributed by atoms with E-state index in [9.17, 15) is 14.4 Å². The number of imide groups is 1. The Kier molecular flexibility index (Phi) is 8.26. The van der Waals surface area contributed by atoms with E-state index in [1.807, 2.05) is 42.5 Å². The van der Waals surface area contributed by atoms with Crippen LogP contribution in [0.1, 0.15) is 25.0 Å². The smallest absolute Gasteiger partial charge is 0.321 e. The van der Waals surface area contributed by atoms with Gasteiger partial charge in [0.05, 0.1) is 19.4 Å². The van der Waals surface area contributed by atoms with Crippen LogP contribution < -0.4 is 15.4 Å². The van der Waals surface area contributed by atoms with E-state index < -0.39 is 11.9 Å². The lowest BCUT2D eigenvalue weighted by Crippen LogP contribution is -2.43. The van der Waals surface area contributed by atoms with Gasteiger partial charge in [-0.2, -0.15) is 0 Å². The summed E-state index contributed by atoms with van der Waals surface area (Å²) in [6.45, 7) is 3.92. The summed E-state index contributed by atoms with van der Waals surface area (Å²) in [7, 11) is 1.59. The lowest BCUT2D eigenvalue weighted by atomic mass is 10.1. The zero-order valence-electron chi connectivity index (χ0n) is 18.7. The van der Waals surface area contributed by atoms with E-state index in [-0.39, 0.29) is 23.4 Å². The van der Waals surface area contributed by atoms with Crippen molar-refractivity contribution in [2.75, 3.05) is 12.9 Å². The summed E-state index contributed by atoms with van der Waals surface area (Å²) in [5.41, 5.74) is 2.01. The van der Waals surface area contributed by atoms with E-state index in [0.29, 0.717) is 17.5 Å². The number of carbonyl (C=O) groups excluding carboxylic acids is 3. The molecule has 0 unspecified atom stereocenters. The summed E-state index contributed by atoms with van der Waals surface area (Å²) in [4.78, 5) is 43.1. The number of aliphatic imine (C=N–C) groups is 1. The Morgan fingerprint density at radius 1 is 1.12 bits per heavy atom. The Morgan fingerprint density at radius 3 is 2.45 bits per heavy atom. The predicted molar refractivity (Wildman–Crippen MR) is 130 cm³/mol. The fourth-order valence-electron chi connectivity index (χ4n) is 3.00. The summed E-state index contributed by atoms with van der Waals surface area (Å²) in [5.74, 6) is -0.0674. The number of nitrogens with zero attached hydrogens (tertiary/aromatic N) is 2. The van der Waals surface area contributed by atoms with Crippen molar-refractivity contribution in [2.45, 2.75) is 26.4 Å². The average Bonchev–Trinajstić information content (AvgIpc) is 3.07. The quantitative estimate of drug-likeness (QED) is 0.609. The lowest BCUT2D eigenvalue weighted by molar-refractivity contribution is -0.123. The Balaban J connectivity index is 1.76. The first-order valence-corrected chi connectivity index (χ1v) is 11.4. The second-order valence-corrected chi connectivity index (χ2v) is 8.48. The highest BCUT2D eigenvalue weighted by atomic mass is 32.2. The third-order valence-corrected chi connectivity index (χ3v) is 5.50. The molecule has 0 radical (unpaired) electrons. The summed E-state index contributed by atoms with van der Waals surface area (Å²) >= 11 is 1.11. The number of urea groups is 1. The first kappa shape index (κ1) is 24.1. The predicted octanol–water partition coefficient (Wildman–Crippen LogP) is 3.40. The van der Waals surface area contributed by atoms with Gasteiger partial charge in [-0.3, -0.25) is 19.8 Å². The molecule has 1 aliphatic heterocycles. The zero-order valence-corrected chi connectivity index (χ0v) is 19.5. The fourth-order valence-corrected chi connectivity index (χ4v) is 3.79. The van der Waals surface area contributed by atoms with Crippen molar-refractivity contribution in [3.8, 4) is 5.75 Å². The molecule has 0 bridgehead atoms. The lowest BCUT2D eigenvalue weighted by Gasteiger charge is -2.17. The van der Waals surface area contributed by atoms with E-state index >= 15 is 0 Å². The molecule has 3 rings (SSSR count). The molecule has 4 amide bonds. The molecule has 2 aromatic carbocycles. The van der Waals surface area contributed by atoms with Crippen molar-refractivity contribution in [2.24, 2.45) is 4.99 Å². The summed E-state index contributed by atoms with van der Waals surface area (Å²) in [6.07, 6.45) is 1.70. The minimum absolute atomic E-state index is 0.0568. The van der Waals surface area contributed by atoms with Crippen molar-refractivity contribution in [1.29, 1.82) is 0 Å². The Labute approximate surface area is 197 Å². The van der Waals surface area contributed by atoms with Gasteiger partial charge in [0.25, 0.3) is 5.91 Å². The van der Waals surface area contributed by atoms with Gasteiger partial charge < -0.3 is 10.1 Å². The molecule has 0 saturated carbocycles. The number of carbonyl (C=O) groups is 3. The largest absolute Gasteiger partial charge is 0.497 e. The van der Waals surface area contributed by atoms with Gasteiger partial charge in [0.15, 0.2) is 5.17 Å². The van der Waals surface area contributed by atoms with E-state index in [4.69, 9.17) is 4.74 Å². The topological polar surface area (TPSA) is 100 Å². The minimum atomic E-state index is -0.554.